The molecule has 1 unspecified atom stereocenters. The van der Waals surface area contributed by atoms with Crippen molar-refractivity contribution in [2.45, 2.75) is 32.7 Å². The summed E-state index contributed by atoms with van der Waals surface area (Å²) >= 11 is 12.2. The van der Waals surface area contributed by atoms with Crippen LogP contribution in [0.1, 0.15) is 38.3 Å². The van der Waals surface area contributed by atoms with E-state index in [4.69, 9.17) is 23.2 Å². The van der Waals surface area contributed by atoms with E-state index in [-0.39, 0.29) is 6.04 Å². The van der Waals surface area contributed by atoms with Crippen LogP contribution >= 0.6 is 23.2 Å². The molecule has 0 bridgehead atoms. The van der Waals surface area contributed by atoms with Gasteiger partial charge in [-0.05, 0) is 25.6 Å². The second-order valence-electron chi connectivity index (χ2n) is 4.16. The zero-order valence-electron chi connectivity index (χ0n) is 10.8. The fourth-order valence-electron chi connectivity index (χ4n) is 1.91. The minimum Gasteiger partial charge on any atom is -0.285 e. The Morgan fingerprint density at radius 3 is 2.61 bits per heavy atom. The molecule has 1 aromatic carbocycles. The summed E-state index contributed by atoms with van der Waals surface area (Å²) in [6, 6.07) is 7.45. The number of nitriles is 1. The maximum atomic E-state index is 9.40. The highest BCUT2D eigenvalue weighted by Crippen LogP contribution is 2.32. The van der Waals surface area contributed by atoms with E-state index >= 15 is 0 Å². The molecule has 98 valence electrons. The lowest BCUT2D eigenvalue weighted by molar-refractivity contribution is 0.245. The molecule has 18 heavy (non-hydrogen) atoms. The van der Waals surface area contributed by atoms with Crippen molar-refractivity contribution in [3.05, 3.63) is 33.8 Å². The Morgan fingerprint density at radius 1 is 1.33 bits per heavy atom. The zero-order valence-corrected chi connectivity index (χ0v) is 12.3. The molecule has 0 heterocycles. The van der Waals surface area contributed by atoms with Crippen molar-refractivity contribution >= 4 is 23.2 Å². The van der Waals surface area contributed by atoms with Crippen LogP contribution in [0.3, 0.4) is 0 Å². The summed E-state index contributed by atoms with van der Waals surface area (Å²) < 4.78 is 0. The minimum absolute atomic E-state index is 0.326. The summed E-state index contributed by atoms with van der Waals surface area (Å²) in [5.74, 6) is 0. The van der Waals surface area contributed by atoms with Gasteiger partial charge in [-0.1, -0.05) is 55.6 Å². The van der Waals surface area contributed by atoms with Crippen LogP contribution in [0.2, 0.25) is 10.0 Å². The molecule has 1 aromatic rings. The van der Waals surface area contributed by atoms with Gasteiger partial charge < -0.3 is 0 Å². The largest absolute Gasteiger partial charge is 0.285 e. The second kappa shape index (κ2) is 7.63. The third-order valence-corrected chi connectivity index (χ3v) is 3.80. The Kier molecular flexibility index (Phi) is 6.49. The molecule has 0 spiro atoms. The maximum Gasteiger partial charge on any atom is 0.125 e. The van der Waals surface area contributed by atoms with Crippen molar-refractivity contribution in [2.24, 2.45) is 0 Å². The van der Waals surface area contributed by atoms with E-state index in [0.29, 0.717) is 10.0 Å². The van der Waals surface area contributed by atoms with Crippen LogP contribution in [0, 0.1) is 11.3 Å². The van der Waals surface area contributed by atoms with Crippen LogP contribution in [0.5, 0.6) is 0 Å². The zero-order chi connectivity index (χ0) is 13.5. The summed E-state index contributed by atoms with van der Waals surface area (Å²) in [7, 11) is 0. The first kappa shape index (κ1) is 15.3. The lowest BCUT2D eigenvalue weighted by Crippen LogP contribution is -2.29. The summed E-state index contributed by atoms with van der Waals surface area (Å²) in [5.41, 5.74) is 0.796. The first-order valence-electron chi connectivity index (χ1n) is 6.23. The van der Waals surface area contributed by atoms with E-state index < -0.39 is 0 Å². The number of nitrogens with zero attached hydrogens (tertiary/aromatic N) is 2. The van der Waals surface area contributed by atoms with E-state index in [0.717, 1.165) is 31.5 Å². The third kappa shape index (κ3) is 3.62. The van der Waals surface area contributed by atoms with Crippen molar-refractivity contribution in [1.82, 2.24) is 4.90 Å². The molecule has 0 fully saturated rings. The van der Waals surface area contributed by atoms with E-state index in [1.165, 1.54) is 0 Å². The average molecular weight is 285 g/mol. The van der Waals surface area contributed by atoms with E-state index in [9.17, 15) is 5.26 Å². The van der Waals surface area contributed by atoms with Crippen molar-refractivity contribution < 1.29 is 0 Å². The molecule has 0 radical (unpaired) electrons. The Bertz CT molecular complexity index is 426. The monoisotopic (exact) mass is 284 g/mol. The highest BCUT2D eigenvalue weighted by Gasteiger charge is 2.21. The highest BCUT2D eigenvalue weighted by atomic mass is 35.5. The van der Waals surface area contributed by atoms with Crippen LogP contribution in [0.4, 0.5) is 0 Å². The molecule has 0 amide bonds. The summed E-state index contributed by atoms with van der Waals surface area (Å²) in [6.45, 7) is 5.91. The van der Waals surface area contributed by atoms with E-state index in [1.807, 2.05) is 12.1 Å². The molecule has 0 aliphatic rings. The summed E-state index contributed by atoms with van der Waals surface area (Å²) in [5, 5.41) is 10.4. The number of hydrogen-bond donors (Lipinski definition) is 0. The van der Waals surface area contributed by atoms with Gasteiger partial charge in [0.15, 0.2) is 0 Å². The third-order valence-electron chi connectivity index (χ3n) is 2.97. The molecule has 0 aromatic heterocycles. The number of halogens is 2. The maximum absolute atomic E-state index is 9.40. The number of unbranched alkanes of at least 4 members (excludes halogenated alkanes) is 1. The van der Waals surface area contributed by atoms with E-state index in [1.54, 1.807) is 6.07 Å². The molecule has 0 saturated carbocycles. The number of rotatable bonds is 6. The molecule has 0 aliphatic heterocycles. The van der Waals surface area contributed by atoms with Gasteiger partial charge in [0.1, 0.15) is 6.04 Å². The predicted molar refractivity (Wildman–Crippen MR) is 77.0 cm³/mol. The number of hydrogen-bond acceptors (Lipinski definition) is 2. The van der Waals surface area contributed by atoms with Crippen LogP contribution in [-0.2, 0) is 0 Å². The Morgan fingerprint density at radius 2 is 2.06 bits per heavy atom. The van der Waals surface area contributed by atoms with Crippen molar-refractivity contribution in [2.75, 3.05) is 13.1 Å². The molecule has 1 rings (SSSR count). The minimum atomic E-state index is -0.326. The normalized spacial score (nSPS) is 12.4. The molecule has 4 heteroatoms. The van der Waals surface area contributed by atoms with Crippen molar-refractivity contribution in [3.8, 4) is 6.07 Å². The smallest absolute Gasteiger partial charge is 0.125 e. The van der Waals surface area contributed by atoms with Crippen LogP contribution in [0.15, 0.2) is 18.2 Å². The van der Waals surface area contributed by atoms with Gasteiger partial charge in [-0.25, -0.2) is 0 Å². The van der Waals surface area contributed by atoms with E-state index in [2.05, 4.69) is 24.8 Å². The molecule has 0 N–H and O–H groups in total. The quantitative estimate of drug-likeness (QED) is 0.758. The second-order valence-corrected chi connectivity index (χ2v) is 4.94. The van der Waals surface area contributed by atoms with Gasteiger partial charge in [-0.3, -0.25) is 4.90 Å². The van der Waals surface area contributed by atoms with Gasteiger partial charge in [-0.15, -0.1) is 0 Å². The molecule has 0 aliphatic carbocycles. The molecule has 2 nitrogen and oxygen atoms in total. The average Bonchev–Trinajstić information content (AvgIpc) is 2.38. The Labute approximate surface area is 119 Å². The SMILES string of the molecule is CCCCN(CC)C(C#N)c1cccc(Cl)c1Cl. The van der Waals surface area contributed by atoms with Gasteiger partial charge in [0.05, 0.1) is 16.1 Å². The first-order valence-corrected chi connectivity index (χ1v) is 6.98. The standard InChI is InChI=1S/C14H18Cl2N2/c1-3-5-9-18(4-2)13(10-17)11-7-6-8-12(15)14(11)16/h6-8,13H,3-5,9H2,1-2H3. The van der Waals surface area contributed by atoms with Crippen molar-refractivity contribution in [1.29, 1.82) is 5.26 Å². The summed E-state index contributed by atoms with van der Waals surface area (Å²) in [4.78, 5) is 2.13. The highest BCUT2D eigenvalue weighted by molar-refractivity contribution is 6.42. The topological polar surface area (TPSA) is 27.0 Å². The predicted octanol–water partition coefficient (Wildman–Crippen LogP) is 4.68. The lowest BCUT2D eigenvalue weighted by atomic mass is 10.1. The van der Waals surface area contributed by atoms with Gasteiger partial charge in [0, 0.05) is 5.56 Å². The van der Waals surface area contributed by atoms with Crippen LogP contribution in [0.25, 0.3) is 0 Å². The van der Waals surface area contributed by atoms with Gasteiger partial charge in [-0.2, -0.15) is 5.26 Å². The lowest BCUT2D eigenvalue weighted by Gasteiger charge is -2.26. The van der Waals surface area contributed by atoms with Gasteiger partial charge in [0.2, 0.25) is 0 Å². The first-order chi connectivity index (χ1) is 8.65. The van der Waals surface area contributed by atoms with Gasteiger partial charge in [0.25, 0.3) is 0 Å². The fraction of sp³-hybridized carbons (Fsp3) is 0.500. The molecule has 1 atom stereocenters. The van der Waals surface area contributed by atoms with Crippen LogP contribution < -0.4 is 0 Å². The van der Waals surface area contributed by atoms with Crippen molar-refractivity contribution in [3.63, 3.8) is 0 Å². The fourth-order valence-corrected chi connectivity index (χ4v) is 2.32. The Balaban J connectivity index is 3.01. The molecular formula is C14H18Cl2N2. The number of benzene rings is 1. The van der Waals surface area contributed by atoms with Crippen LogP contribution in [-0.4, -0.2) is 18.0 Å². The van der Waals surface area contributed by atoms with Gasteiger partial charge >= 0.3 is 0 Å². The Hall–Kier alpha value is -0.750. The summed E-state index contributed by atoms with van der Waals surface area (Å²) in [6.07, 6.45) is 2.18. The molecular weight excluding hydrogens is 267 g/mol. The molecule has 0 saturated heterocycles.